The van der Waals surface area contributed by atoms with E-state index in [0.717, 1.165) is 32.4 Å². The molecule has 88 valence electrons. The smallest absolute Gasteiger partial charge is 0.115 e. The highest BCUT2D eigenvalue weighted by molar-refractivity contribution is 4.93. The molecule has 0 bridgehead atoms. The first kappa shape index (κ1) is 11.4. The average molecular weight is 213 g/mol. The van der Waals surface area contributed by atoms with Crippen LogP contribution in [0.4, 0.5) is 4.39 Å². The van der Waals surface area contributed by atoms with Crippen LogP contribution in [0.25, 0.3) is 0 Å². The molecule has 1 N–H and O–H groups in total. The van der Waals surface area contributed by atoms with Gasteiger partial charge in [-0.25, -0.2) is 4.39 Å². The van der Waals surface area contributed by atoms with Gasteiger partial charge in [-0.15, -0.1) is 0 Å². The molecule has 15 heavy (non-hydrogen) atoms. The van der Waals surface area contributed by atoms with Gasteiger partial charge in [-0.05, 0) is 38.6 Å². The van der Waals surface area contributed by atoms with Gasteiger partial charge >= 0.3 is 0 Å². The maximum atomic E-state index is 14.8. The second-order valence-corrected chi connectivity index (χ2v) is 5.53. The maximum absolute atomic E-state index is 14.8. The summed E-state index contributed by atoms with van der Waals surface area (Å²) < 4.78 is 14.8. The van der Waals surface area contributed by atoms with E-state index in [1.165, 1.54) is 25.7 Å². The van der Waals surface area contributed by atoms with Crippen molar-refractivity contribution >= 4 is 0 Å². The molecule has 2 heteroatoms. The van der Waals surface area contributed by atoms with Crippen molar-refractivity contribution in [3.8, 4) is 0 Å². The van der Waals surface area contributed by atoms with Crippen LogP contribution in [0.1, 0.15) is 51.9 Å². The molecule has 0 spiro atoms. The quantitative estimate of drug-likeness (QED) is 0.694. The van der Waals surface area contributed by atoms with E-state index in [-0.39, 0.29) is 5.92 Å². The van der Waals surface area contributed by atoms with Crippen molar-refractivity contribution in [2.75, 3.05) is 13.1 Å². The number of alkyl halides is 1. The Balaban J connectivity index is 1.98. The molecule has 1 saturated heterocycles. The maximum Gasteiger partial charge on any atom is 0.115 e. The van der Waals surface area contributed by atoms with Crippen molar-refractivity contribution in [3.63, 3.8) is 0 Å². The van der Waals surface area contributed by atoms with Gasteiger partial charge in [0.2, 0.25) is 0 Å². The molecule has 1 saturated carbocycles. The van der Waals surface area contributed by atoms with Gasteiger partial charge in [0.05, 0.1) is 0 Å². The minimum atomic E-state index is -0.923. The zero-order valence-corrected chi connectivity index (χ0v) is 9.90. The molecule has 2 fully saturated rings. The fraction of sp³-hybridized carbons (Fsp3) is 1.00. The van der Waals surface area contributed by atoms with Crippen LogP contribution in [-0.2, 0) is 0 Å². The highest BCUT2D eigenvalue weighted by atomic mass is 19.1. The molecule has 0 aromatic rings. The molecule has 2 atom stereocenters. The fourth-order valence-corrected chi connectivity index (χ4v) is 3.31. The molecule has 0 aromatic carbocycles. The van der Waals surface area contributed by atoms with E-state index in [1.807, 2.05) is 6.92 Å². The monoisotopic (exact) mass is 213 g/mol. The highest BCUT2D eigenvalue weighted by Crippen LogP contribution is 2.41. The summed E-state index contributed by atoms with van der Waals surface area (Å²) in [5.74, 6) is 0.588. The molecule has 2 aliphatic rings. The van der Waals surface area contributed by atoms with Gasteiger partial charge in [-0.3, -0.25) is 0 Å². The van der Waals surface area contributed by atoms with Gasteiger partial charge in [-0.2, -0.15) is 0 Å². The lowest BCUT2D eigenvalue weighted by molar-refractivity contribution is 0.0337. The van der Waals surface area contributed by atoms with Gasteiger partial charge in [0, 0.05) is 12.5 Å². The normalized spacial score (nSPS) is 33.6. The molecule has 1 aliphatic carbocycles. The number of hydrogen-bond donors (Lipinski definition) is 1. The van der Waals surface area contributed by atoms with E-state index >= 15 is 0 Å². The van der Waals surface area contributed by atoms with E-state index < -0.39 is 5.67 Å². The number of hydrogen-bond acceptors (Lipinski definition) is 1. The molecular weight excluding hydrogens is 189 g/mol. The van der Waals surface area contributed by atoms with E-state index in [4.69, 9.17) is 0 Å². The summed E-state index contributed by atoms with van der Waals surface area (Å²) in [5.41, 5.74) is -0.923. The zero-order valence-electron chi connectivity index (χ0n) is 9.90. The zero-order chi connectivity index (χ0) is 10.7. The van der Waals surface area contributed by atoms with Gasteiger partial charge < -0.3 is 5.32 Å². The minimum absolute atomic E-state index is 0.264. The lowest BCUT2D eigenvalue weighted by atomic mass is 9.76. The van der Waals surface area contributed by atoms with Crippen LogP contribution in [0.15, 0.2) is 0 Å². The Morgan fingerprint density at radius 2 is 1.67 bits per heavy atom. The van der Waals surface area contributed by atoms with Crippen LogP contribution in [0.2, 0.25) is 0 Å². The largest absolute Gasteiger partial charge is 0.316 e. The number of halogens is 1. The molecule has 0 aromatic heterocycles. The molecule has 0 radical (unpaired) electrons. The Hall–Kier alpha value is -0.110. The lowest BCUT2D eigenvalue weighted by Gasteiger charge is -2.34. The number of nitrogens with one attached hydrogen (secondary N) is 1. The van der Waals surface area contributed by atoms with Crippen LogP contribution in [0.5, 0.6) is 0 Å². The minimum Gasteiger partial charge on any atom is -0.316 e. The van der Waals surface area contributed by atoms with Crippen molar-refractivity contribution in [3.05, 3.63) is 0 Å². The molecule has 1 nitrogen and oxygen atoms in total. The van der Waals surface area contributed by atoms with E-state index in [0.29, 0.717) is 5.92 Å². The standard InChI is InChI=1S/C13H24FN/c1-13(14,12-8-9-15-10-12)11-6-4-2-3-5-7-11/h11-12,15H,2-10H2,1H3. The predicted octanol–water partition coefficient (Wildman–Crippen LogP) is 3.29. The average Bonchev–Trinajstić information content (AvgIpc) is 2.61. The van der Waals surface area contributed by atoms with E-state index in [9.17, 15) is 4.39 Å². The van der Waals surface area contributed by atoms with Crippen molar-refractivity contribution in [2.45, 2.75) is 57.5 Å². The number of rotatable bonds is 2. The van der Waals surface area contributed by atoms with Crippen LogP contribution < -0.4 is 5.32 Å². The van der Waals surface area contributed by atoms with Crippen LogP contribution in [0.3, 0.4) is 0 Å². The third-order valence-electron chi connectivity index (χ3n) is 4.51. The second-order valence-electron chi connectivity index (χ2n) is 5.53. The Morgan fingerprint density at radius 3 is 2.20 bits per heavy atom. The topological polar surface area (TPSA) is 12.0 Å². The Labute approximate surface area is 92.8 Å². The molecular formula is C13H24FN. The van der Waals surface area contributed by atoms with Gasteiger partial charge in [0.15, 0.2) is 0 Å². The summed E-state index contributed by atoms with van der Waals surface area (Å²) in [6, 6.07) is 0. The van der Waals surface area contributed by atoms with Crippen LogP contribution >= 0.6 is 0 Å². The summed E-state index contributed by atoms with van der Waals surface area (Å²) in [6.45, 7) is 3.76. The molecule has 2 unspecified atom stereocenters. The summed E-state index contributed by atoms with van der Waals surface area (Å²) >= 11 is 0. The highest BCUT2D eigenvalue weighted by Gasteiger charge is 2.42. The van der Waals surface area contributed by atoms with Gasteiger partial charge in [0.25, 0.3) is 0 Å². The summed E-state index contributed by atoms with van der Waals surface area (Å²) in [7, 11) is 0. The molecule has 2 rings (SSSR count). The third kappa shape index (κ3) is 2.52. The van der Waals surface area contributed by atoms with E-state index in [1.54, 1.807) is 0 Å². The fourth-order valence-electron chi connectivity index (χ4n) is 3.31. The Kier molecular flexibility index (Phi) is 3.65. The van der Waals surface area contributed by atoms with Crippen LogP contribution in [0, 0.1) is 11.8 Å². The predicted molar refractivity (Wildman–Crippen MR) is 61.7 cm³/mol. The van der Waals surface area contributed by atoms with Crippen molar-refractivity contribution < 1.29 is 4.39 Å². The first-order valence-corrected chi connectivity index (χ1v) is 6.61. The first-order chi connectivity index (χ1) is 7.21. The first-order valence-electron chi connectivity index (χ1n) is 6.61. The third-order valence-corrected chi connectivity index (χ3v) is 4.51. The molecule has 1 heterocycles. The Morgan fingerprint density at radius 1 is 1.00 bits per heavy atom. The van der Waals surface area contributed by atoms with Crippen LogP contribution in [-0.4, -0.2) is 18.8 Å². The summed E-state index contributed by atoms with van der Waals surface area (Å²) in [4.78, 5) is 0. The summed E-state index contributed by atoms with van der Waals surface area (Å²) in [5, 5.41) is 3.29. The molecule has 1 aliphatic heterocycles. The van der Waals surface area contributed by atoms with E-state index in [2.05, 4.69) is 5.32 Å². The Bertz CT molecular complexity index is 189. The second kappa shape index (κ2) is 4.82. The lowest BCUT2D eigenvalue weighted by Crippen LogP contribution is -2.39. The van der Waals surface area contributed by atoms with Crippen molar-refractivity contribution in [1.82, 2.24) is 5.32 Å². The summed E-state index contributed by atoms with van der Waals surface area (Å²) in [6.07, 6.45) is 8.37. The van der Waals surface area contributed by atoms with Crippen molar-refractivity contribution in [1.29, 1.82) is 0 Å². The van der Waals surface area contributed by atoms with Crippen molar-refractivity contribution in [2.24, 2.45) is 11.8 Å². The van der Waals surface area contributed by atoms with Gasteiger partial charge in [-0.1, -0.05) is 25.7 Å². The van der Waals surface area contributed by atoms with Gasteiger partial charge in [0.1, 0.15) is 5.67 Å². The molecule has 0 amide bonds. The SMILES string of the molecule is CC(F)(C1CCCCCC1)C1CCNC1.